The van der Waals surface area contributed by atoms with E-state index in [1.807, 2.05) is 36.5 Å². The number of hydrogen-bond acceptors (Lipinski definition) is 3. The average molecular weight is 291 g/mol. The molecular formula is C16H19ClN2O. The smallest absolute Gasteiger partial charge is 0.137 e. The summed E-state index contributed by atoms with van der Waals surface area (Å²) >= 11 is 5.95. The van der Waals surface area contributed by atoms with E-state index in [0.717, 1.165) is 34.7 Å². The molecule has 106 valence electrons. The van der Waals surface area contributed by atoms with Gasteiger partial charge in [0.25, 0.3) is 0 Å². The first kappa shape index (κ1) is 14.8. The van der Waals surface area contributed by atoms with Crippen LogP contribution in [0.1, 0.15) is 18.1 Å². The van der Waals surface area contributed by atoms with Crippen LogP contribution in [0.4, 0.5) is 0 Å². The average Bonchev–Trinajstić information content (AvgIpc) is 2.45. The number of ether oxygens (including phenoxy) is 1. The first-order valence-corrected chi connectivity index (χ1v) is 7.12. The van der Waals surface area contributed by atoms with Gasteiger partial charge in [0.05, 0.1) is 6.20 Å². The van der Waals surface area contributed by atoms with Gasteiger partial charge in [-0.3, -0.25) is 4.98 Å². The zero-order valence-electron chi connectivity index (χ0n) is 11.6. The van der Waals surface area contributed by atoms with Crippen molar-refractivity contribution in [2.75, 3.05) is 6.61 Å². The molecule has 2 aromatic rings. The number of pyridine rings is 1. The molecular weight excluding hydrogens is 272 g/mol. The summed E-state index contributed by atoms with van der Waals surface area (Å²) < 4.78 is 5.69. The Bertz CT molecular complexity index is 560. The summed E-state index contributed by atoms with van der Waals surface area (Å²) in [5, 5.41) is 0.732. The summed E-state index contributed by atoms with van der Waals surface area (Å²) in [5.41, 5.74) is 8.36. The Labute approximate surface area is 124 Å². The molecule has 0 saturated heterocycles. The molecule has 0 aliphatic rings. The van der Waals surface area contributed by atoms with Gasteiger partial charge in [-0.15, -0.1) is 0 Å². The second-order valence-electron chi connectivity index (χ2n) is 4.79. The Balaban J connectivity index is 1.87. The van der Waals surface area contributed by atoms with Gasteiger partial charge in [0.15, 0.2) is 0 Å². The first-order valence-electron chi connectivity index (χ1n) is 6.74. The lowest BCUT2D eigenvalue weighted by Crippen LogP contribution is -2.30. The molecule has 0 aliphatic carbocycles. The number of rotatable bonds is 6. The Morgan fingerprint density at radius 1 is 1.25 bits per heavy atom. The van der Waals surface area contributed by atoms with Crippen LogP contribution >= 0.6 is 11.6 Å². The molecule has 0 fully saturated rings. The second kappa shape index (κ2) is 7.27. The van der Waals surface area contributed by atoms with Crippen LogP contribution in [0.5, 0.6) is 5.75 Å². The van der Waals surface area contributed by atoms with E-state index in [1.54, 1.807) is 6.20 Å². The van der Waals surface area contributed by atoms with Crippen molar-refractivity contribution in [3.63, 3.8) is 0 Å². The molecule has 1 atom stereocenters. The lowest BCUT2D eigenvalue weighted by molar-refractivity contribution is 0.286. The van der Waals surface area contributed by atoms with Crippen molar-refractivity contribution < 1.29 is 4.74 Å². The number of benzene rings is 1. The van der Waals surface area contributed by atoms with E-state index in [4.69, 9.17) is 22.1 Å². The van der Waals surface area contributed by atoms with Crippen LogP contribution in [-0.4, -0.2) is 17.6 Å². The maximum Gasteiger partial charge on any atom is 0.137 e. The van der Waals surface area contributed by atoms with Crippen molar-refractivity contribution in [1.29, 1.82) is 0 Å². The summed E-state index contributed by atoms with van der Waals surface area (Å²) in [6, 6.07) is 9.67. The predicted octanol–water partition coefficient (Wildman–Crippen LogP) is 3.25. The van der Waals surface area contributed by atoms with E-state index in [2.05, 4.69) is 11.9 Å². The quantitative estimate of drug-likeness (QED) is 0.888. The zero-order chi connectivity index (χ0) is 14.4. The number of hydrogen-bond donors (Lipinski definition) is 1. The summed E-state index contributed by atoms with van der Waals surface area (Å²) in [6.07, 6.45) is 5.24. The topological polar surface area (TPSA) is 48.1 Å². The molecule has 0 unspecified atom stereocenters. The van der Waals surface area contributed by atoms with Crippen molar-refractivity contribution in [1.82, 2.24) is 4.98 Å². The Kier molecular flexibility index (Phi) is 5.39. The van der Waals surface area contributed by atoms with Gasteiger partial charge < -0.3 is 10.5 Å². The van der Waals surface area contributed by atoms with E-state index in [-0.39, 0.29) is 6.04 Å². The van der Waals surface area contributed by atoms with Gasteiger partial charge >= 0.3 is 0 Å². The van der Waals surface area contributed by atoms with E-state index in [1.165, 1.54) is 0 Å². The zero-order valence-corrected chi connectivity index (χ0v) is 12.3. The molecule has 2 N–H and O–H groups in total. The third-order valence-corrected chi connectivity index (χ3v) is 3.26. The van der Waals surface area contributed by atoms with E-state index in [9.17, 15) is 0 Å². The highest BCUT2D eigenvalue weighted by atomic mass is 35.5. The third kappa shape index (κ3) is 4.51. The fourth-order valence-corrected chi connectivity index (χ4v) is 2.18. The number of aromatic nitrogens is 1. The number of nitrogens with two attached hydrogens (primary N) is 1. The van der Waals surface area contributed by atoms with Crippen LogP contribution < -0.4 is 10.5 Å². The van der Waals surface area contributed by atoms with Crippen molar-refractivity contribution in [2.45, 2.75) is 25.8 Å². The summed E-state index contributed by atoms with van der Waals surface area (Å²) in [7, 11) is 0. The molecule has 0 amide bonds. The second-order valence-corrected chi connectivity index (χ2v) is 5.22. The van der Waals surface area contributed by atoms with Crippen LogP contribution in [0.2, 0.25) is 5.02 Å². The maximum absolute atomic E-state index is 6.09. The van der Waals surface area contributed by atoms with Gasteiger partial charge in [-0.1, -0.05) is 30.7 Å². The molecule has 0 bridgehead atoms. The molecule has 20 heavy (non-hydrogen) atoms. The molecule has 4 heteroatoms. The molecule has 0 saturated carbocycles. The Morgan fingerprint density at radius 2 is 2.10 bits per heavy atom. The molecule has 1 heterocycles. The Hall–Kier alpha value is -1.58. The monoisotopic (exact) mass is 290 g/mol. The summed E-state index contributed by atoms with van der Waals surface area (Å²) in [4.78, 5) is 4.15. The molecule has 0 radical (unpaired) electrons. The van der Waals surface area contributed by atoms with E-state index < -0.39 is 0 Å². The van der Waals surface area contributed by atoms with Gasteiger partial charge in [0.1, 0.15) is 12.4 Å². The fourth-order valence-electron chi connectivity index (χ4n) is 1.96. The lowest BCUT2D eigenvalue weighted by Gasteiger charge is -2.13. The van der Waals surface area contributed by atoms with Crippen LogP contribution in [0, 0.1) is 0 Å². The number of aryl methyl sites for hydroxylation is 1. The van der Waals surface area contributed by atoms with Gasteiger partial charge in [0.2, 0.25) is 0 Å². The number of halogens is 1. The molecule has 2 rings (SSSR count). The number of nitrogens with zero attached hydrogens (tertiary/aromatic N) is 1. The van der Waals surface area contributed by atoms with Gasteiger partial charge in [-0.2, -0.15) is 0 Å². The minimum Gasteiger partial charge on any atom is -0.490 e. The summed E-state index contributed by atoms with van der Waals surface area (Å²) in [5.74, 6) is 0.769. The van der Waals surface area contributed by atoms with Gasteiger partial charge in [-0.25, -0.2) is 0 Å². The van der Waals surface area contributed by atoms with Gasteiger partial charge in [-0.05, 0) is 42.2 Å². The third-order valence-electron chi connectivity index (χ3n) is 3.03. The standard InChI is InChI=1S/C16H19ClN2O/c1-2-12-8-16(10-19-9-12)20-11-15(18)7-13-4-3-5-14(17)6-13/h3-6,8-10,15H,2,7,11,18H2,1H3/t15-/m0/s1. The normalized spacial score (nSPS) is 12.2. The summed E-state index contributed by atoms with van der Waals surface area (Å²) in [6.45, 7) is 2.55. The molecule has 0 spiro atoms. The fraction of sp³-hybridized carbons (Fsp3) is 0.312. The minimum absolute atomic E-state index is 0.0706. The minimum atomic E-state index is -0.0706. The highest BCUT2D eigenvalue weighted by Crippen LogP contribution is 2.14. The SMILES string of the molecule is CCc1cncc(OC[C@@H](N)Cc2cccc(Cl)c2)c1. The van der Waals surface area contributed by atoms with Crippen molar-refractivity contribution >= 4 is 11.6 Å². The molecule has 0 aliphatic heterocycles. The van der Waals surface area contributed by atoms with Crippen LogP contribution in [0.25, 0.3) is 0 Å². The first-order chi connectivity index (χ1) is 9.67. The van der Waals surface area contributed by atoms with Gasteiger partial charge in [0, 0.05) is 17.3 Å². The van der Waals surface area contributed by atoms with Crippen molar-refractivity contribution in [3.05, 3.63) is 58.9 Å². The highest BCUT2D eigenvalue weighted by Gasteiger charge is 2.06. The van der Waals surface area contributed by atoms with E-state index in [0.29, 0.717) is 6.61 Å². The molecule has 3 nitrogen and oxygen atoms in total. The van der Waals surface area contributed by atoms with E-state index >= 15 is 0 Å². The maximum atomic E-state index is 6.09. The highest BCUT2D eigenvalue weighted by molar-refractivity contribution is 6.30. The lowest BCUT2D eigenvalue weighted by atomic mass is 10.1. The Morgan fingerprint density at radius 3 is 2.85 bits per heavy atom. The van der Waals surface area contributed by atoms with Crippen LogP contribution in [-0.2, 0) is 12.8 Å². The van der Waals surface area contributed by atoms with Crippen LogP contribution in [0.15, 0.2) is 42.7 Å². The molecule has 1 aromatic heterocycles. The largest absolute Gasteiger partial charge is 0.490 e. The van der Waals surface area contributed by atoms with Crippen molar-refractivity contribution in [2.24, 2.45) is 5.73 Å². The van der Waals surface area contributed by atoms with Crippen molar-refractivity contribution in [3.8, 4) is 5.75 Å². The molecule has 1 aromatic carbocycles. The van der Waals surface area contributed by atoms with Crippen LogP contribution in [0.3, 0.4) is 0 Å². The predicted molar refractivity (Wildman–Crippen MR) is 82.2 cm³/mol.